The zero-order valence-electron chi connectivity index (χ0n) is 14.1. The van der Waals surface area contributed by atoms with E-state index in [1.54, 1.807) is 6.92 Å². The van der Waals surface area contributed by atoms with Gasteiger partial charge in [0, 0.05) is 18.9 Å². The van der Waals surface area contributed by atoms with E-state index >= 15 is 0 Å². The van der Waals surface area contributed by atoms with Gasteiger partial charge < -0.3 is 9.57 Å². The third-order valence-electron chi connectivity index (χ3n) is 3.65. The molecule has 0 aliphatic heterocycles. The Morgan fingerprint density at radius 2 is 1.96 bits per heavy atom. The van der Waals surface area contributed by atoms with Crippen molar-refractivity contribution in [3.05, 3.63) is 59.9 Å². The van der Waals surface area contributed by atoms with Gasteiger partial charge in [-0.15, -0.1) is 0 Å². The Bertz CT molecular complexity index is 678. The summed E-state index contributed by atoms with van der Waals surface area (Å²) in [5.74, 6) is -1.71. The second-order valence-electron chi connectivity index (χ2n) is 5.67. The minimum Gasteiger partial charge on any atom is -0.431 e. The molecule has 1 unspecified atom stereocenters. The van der Waals surface area contributed by atoms with Crippen molar-refractivity contribution in [1.82, 2.24) is 5.48 Å². The van der Waals surface area contributed by atoms with Gasteiger partial charge in [0.1, 0.15) is 5.76 Å². The summed E-state index contributed by atoms with van der Waals surface area (Å²) in [7, 11) is 0. The Hall–Kier alpha value is -2.89. The number of carbonyl (C=O) groups is 3. The number of esters is 1. The lowest BCUT2D eigenvalue weighted by Crippen LogP contribution is -2.31. The lowest BCUT2D eigenvalue weighted by atomic mass is 9.95. The van der Waals surface area contributed by atoms with Gasteiger partial charge in [-0.2, -0.15) is 5.48 Å². The van der Waals surface area contributed by atoms with Gasteiger partial charge in [0.05, 0.1) is 5.92 Å². The number of carbonyl (C=O) groups excluding carboxylic acids is 3. The molecule has 0 fully saturated rings. The first-order valence-corrected chi connectivity index (χ1v) is 8.15. The smallest absolute Gasteiger partial charge is 0.355 e. The molecule has 25 heavy (non-hydrogen) atoms. The molecule has 1 atom stereocenters. The Labute approximate surface area is 146 Å². The fraction of sp³-hybridized carbons (Fsp3) is 0.316. The van der Waals surface area contributed by atoms with Crippen molar-refractivity contribution >= 4 is 17.8 Å². The average molecular weight is 343 g/mol. The number of amides is 1. The largest absolute Gasteiger partial charge is 0.431 e. The molecular weight excluding hydrogens is 322 g/mol. The first-order chi connectivity index (χ1) is 12.1. The van der Waals surface area contributed by atoms with E-state index in [-0.39, 0.29) is 6.42 Å². The topological polar surface area (TPSA) is 81.7 Å². The van der Waals surface area contributed by atoms with E-state index in [4.69, 9.17) is 4.74 Å². The van der Waals surface area contributed by atoms with Gasteiger partial charge in [-0.1, -0.05) is 36.4 Å². The van der Waals surface area contributed by atoms with Crippen LogP contribution in [0.3, 0.4) is 0 Å². The third kappa shape index (κ3) is 6.25. The van der Waals surface area contributed by atoms with Crippen molar-refractivity contribution in [3.8, 4) is 0 Å². The van der Waals surface area contributed by atoms with Crippen LogP contribution in [0.5, 0.6) is 0 Å². The van der Waals surface area contributed by atoms with E-state index in [0.29, 0.717) is 12.2 Å². The van der Waals surface area contributed by atoms with Crippen LogP contribution in [0.4, 0.5) is 0 Å². The minimum atomic E-state index is -0.683. The van der Waals surface area contributed by atoms with Crippen molar-refractivity contribution in [2.75, 3.05) is 0 Å². The summed E-state index contributed by atoms with van der Waals surface area (Å²) in [5, 5.41) is 0. The van der Waals surface area contributed by atoms with E-state index in [9.17, 15) is 14.4 Å². The van der Waals surface area contributed by atoms with Gasteiger partial charge in [-0.25, -0.2) is 4.79 Å². The van der Waals surface area contributed by atoms with Crippen LogP contribution in [-0.4, -0.2) is 17.8 Å². The first kappa shape index (κ1) is 18.4. The summed E-state index contributed by atoms with van der Waals surface area (Å²) in [5.41, 5.74) is 2.98. The van der Waals surface area contributed by atoms with Crippen molar-refractivity contribution in [2.24, 2.45) is 5.92 Å². The van der Waals surface area contributed by atoms with E-state index < -0.39 is 23.8 Å². The van der Waals surface area contributed by atoms with E-state index in [1.165, 1.54) is 12.2 Å². The molecule has 1 amide bonds. The summed E-state index contributed by atoms with van der Waals surface area (Å²) in [6.07, 6.45) is 6.38. The predicted octanol–water partition coefficient (Wildman–Crippen LogP) is 2.61. The molecule has 1 aromatic rings. The van der Waals surface area contributed by atoms with Gasteiger partial charge in [-0.3, -0.25) is 9.59 Å². The minimum absolute atomic E-state index is 0.135. The van der Waals surface area contributed by atoms with Gasteiger partial charge in [0.25, 0.3) is 5.91 Å². The van der Waals surface area contributed by atoms with Crippen LogP contribution in [0.1, 0.15) is 31.7 Å². The lowest BCUT2D eigenvalue weighted by molar-refractivity contribution is -0.155. The van der Waals surface area contributed by atoms with Gasteiger partial charge >= 0.3 is 11.9 Å². The Morgan fingerprint density at radius 1 is 1.24 bits per heavy atom. The van der Waals surface area contributed by atoms with Crippen molar-refractivity contribution in [3.63, 3.8) is 0 Å². The highest BCUT2D eigenvalue weighted by Gasteiger charge is 2.26. The number of hydrogen-bond donors (Lipinski definition) is 1. The summed E-state index contributed by atoms with van der Waals surface area (Å²) in [4.78, 5) is 40.2. The van der Waals surface area contributed by atoms with Crippen LogP contribution in [0.15, 0.2) is 54.3 Å². The summed E-state index contributed by atoms with van der Waals surface area (Å²) >= 11 is 0. The highest BCUT2D eigenvalue weighted by molar-refractivity contribution is 5.86. The number of ether oxygens (including phenoxy) is 1. The molecule has 2 rings (SSSR count). The van der Waals surface area contributed by atoms with Crippen LogP contribution in [0.25, 0.3) is 0 Å². The lowest BCUT2D eigenvalue weighted by Gasteiger charge is -2.19. The molecule has 132 valence electrons. The second-order valence-corrected chi connectivity index (χ2v) is 5.67. The van der Waals surface area contributed by atoms with Crippen LogP contribution in [0.2, 0.25) is 0 Å². The number of benzene rings is 1. The Balaban J connectivity index is 1.96. The highest BCUT2D eigenvalue weighted by atomic mass is 16.7. The van der Waals surface area contributed by atoms with E-state index in [0.717, 1.165) is 18.4 Å². The summed E-state index contributed by atoms with van der Waals surface area (Å²) in [6.45, 7) is 1.66. The first-order valence-electron chi connectivity index (χ1n) is 8.15. The van der Waals surface area contributed by atoms with Crippen molar-refractivity contribution in [2.45, 2.75) is 32.6 Å². The molecule has 0 bridgehead atoms. The molecule has 1 aliphatic carbocycles. The van der Waals surface area contributed by atoms with Gasteiger partial charge in [0.2, 0.25) is 0 Å². The Kier molecular flexibility index (Phi) is 6.95. The monoisotopic (exact) mass is 343 g/mol. The standard InChI is InChI=1S/C19H21NO5/c1-2-7-18(22)25-20-17(21)13-15(12-14-8-4-3-5-9-14)19(23)24-16-10-6-11-16/h2-5,7-10,15H,6,11-13H2,1H3,(H,20,21). The zero-order valence-corrected chi connectivity index (χ0v) is 14.1. The molecule has 6 nitrogen and oxygen atoms in total. The fourth-order valence-corrected chi connectivity index (χ4v) is 2.25. The van der Waals surface area contributed by atoms with Crippen molar-refractivity contribution in [1.29, 1.82) is 0 Å². The summed E-state index contributed by atoms with van der Waals surface area (Å²) in [6, 6.07) is 9.37. The predicted molar refractivity (Wildman–Crippen MR) is 90.7 cm³/mol. The Morgan fingerprint density at radius 3 is 2.56 bits per heavy atom. The molecule has 0 spiro atoms. The van der Waals surface area contributed by atoms with Crippen LogP contribution in [0, 0.1) is 5.92 Å². The average Bonchev–Trinajstić information content (AvgIpc) is 2.57. The molecule has 1 aromatic carbocycles. The third-order valence-corrected chi connectivity index (χ3v) is 3.65. The summed E-state index contributed by atoms with van der Waals surface area (Å²) < 4.78 is 5.31. The maximum absolute atomic E-state index is 12.4. The number of hydroxylamine groups is 1. The van der Waals surface area contributed by atoms with Crippen LogP contribution in [-0.2, 0) is 30.4 Å². The molecule has 0 radical (unpaired) electrons. The van der Waals surface area contributed by atoms with E-state index in [2.05, 4.69) is 10.3 Å². The number of rotatable bonds is 7. The molecule has 0 saturated heterocycles. The maximum atomic E-state index is 12.4. The van der Waals surface area contributed by atoms with Crippen LogP contribution < -0.4 is 5.48 Å². The second kappa shape index (κ2) is 9.42. The molecule has 1 N–H and O–H groups in total. The molecule has 6 heteroatoms. The molecule has 0 aromatic heterocycles. The van der Waals surface area contributed by atoms with Crippen molar-refractivity contribution < 1.29 is 24.0 Å². The molecule has 1 aliphatic rings. The molecule has 0 saturated carbocycles. The highest BCUT2D eigenvalue weighted by Crippen LogP contribution is 2.22. The quantitative estimate of drug-likeness (QED) is 0.467. The van der Waals surface area contributed by atoms with E-state index in [1.807, 2.05) is 36.4 Å². The van der Waals surface area contributed by atoms with Gasteiger partial charge in [-0.05, 0) is 31.4 Å². The molecule has 0 heterocycles. The maximum Gasteiger partial charge on any atom is 0.355 e. The van der Waals surface area contributed by atoms with Crippen LogP contribution >= 0.6 is 0 Å². The number of hydrogen-bond acceptors (Lipinski definition) is 5. The SMILES string of the molecule is CC=CC(=O)ONC(=O)CC(Cc1ccccc1)C(=O)OC1=CCC1. The normalized spacial score (nSPS) is 14.2. The zero-order chi connectivity index (χ0) is 18.1. The van der Waals surface area contributed by atoms with Gasteiger partial charge in [0.15, 0.2) is 0 Å². The number of nitrogens with one attached hydrogen (secondary N) is 1. The number of allylic oxidation sites excluding steroid dienone is 3. The molecular formula is C19H21NO5. The fourth-order valence-electron chi connectivity index (χ4n) is 2.25.